The Kier molecular flexibility index (Phi) is 8.16. The largest absolute Gasteiger partial charge is 0.359 e. The maximum absolute atomic E-state index is 14.5. The van der Waals surface area contributed by atoms with E-state index in [0.29, 0.717) is 27.6 Å². The molecule has 1 aromatic carbocycles. The van der Waals surface area contributed by atoms with Crippen LogP contribution in [0.1, 0.15) is 78.1 Å². The topological polar surface area (TPSA) is 87.7 Å². The van der Waals surface area contributed by atoms with Gasteiger partial charge in [-0.25, -0.2) is 0 Å². The van der Waals surface area contributed by atoms with Gasteiger partial charge in [0.05, 0.1) is 17.9 Å². The SMILES string of the molecule is C[C@H]1[C@H](C)CCC[C@@H]1NC(=O)[C@@H]1N(C2CCCCCCC2)C(=O)[C@@H]2[C@H](C(=O)Nc3cc(Cl)cc(Cl)c3)[C@@H]3C=C[C@]21O3. The summed E-state index contributed by atoms with van der Waals surface area (Å²) in [5.74, 6) is -1.26. The summed E-state index contributed by atoms with van der Waals surface area (Å²) >= 11 is 12.3. The fraction of sp³-hybridized carbons (Fsp3) is 0.656. The number of carbonyl (C=O) groups excluding carboxylic acids is 3. The number of halogens is 2. The van der Waals surface area contributed by atoms with Crippen LogP contribution >= 0.6 is 23.2 Å². The number of anilines is 1. The number of nitrogens with one attached hydrogen (secondary N) is 2. The molecule has 8 atom stereocenters. The summed E-state index contributed by atoms with van der Waals surface area (Å²) in [6, 6.07) is 4.07. The first-order valence-electron chi connectivity index (χ1n) is 15.5. The Morgan fingerprint density at radius 3 is 2.32 bits per heavy atom. The van der Waals surface area contributed by atoms with Crippen LogP contribution < -0.4 is 10.6 Å². The van der Waals surface area contributed by atoms with E-state index in [1.165, 1.54) is 6.42 Å². The fourth-order valence-corrected chi connectivity index (χ4v) is 8.74. The summed E-state index contributed by atoms with van der Waals surface area (Å²) in [7, 11) is 0. The first-order chi connectivity index (χ1) is 19.7. The van der Waals surface area contributed by atoms with Gasteiger partial charge < -0.3 is 20.3 Å². The fourth-order valence-electron chi connectivity index (χ4n) is 8.21. The van der Waals surface area contributed by atoms with Crippen LogP contribution in [0.4, 0.5) is 5.69 Å². The van der Waals surface area contributed by atoms with Gasteiger partial charge in [0.25, 0.3) is 0 Å². The molecule has 1 spiro atoms. The highest BCUT2D eigenvalue weighted by atomic mass is 35.5. The van der Waals surface area contributed by atoms with Crippen molar-refractivity contribution in [1.29, 1.82) is 0 Å². The van der Waals surface area contributed by atoms with E-state index in [9.17, 15) is 14.4 Å². The molecule has 3 aliphatic heterocycles. The van der Waals surface area contributed by atoms with Crippen LogP contribution in [0.5, 0.6) is 0 Å². The molecule has 0 aromatic heterocycles. The van der Waals surface area contributed by atoms with Gasteiger partial charge in [-0.1, -0.05) is 94.1 Å². The summed E-state index contributed by atoms with van der Waals surface area (Å²) in [5, 5.41) is 7.10. The summed E-state index contributed by atoms with van der Waals surface area (Å²) in [4.78, 5) is 44.4. The highest BCUT2D eigenvalue weighted by molar-refractivity contribution is 6.35. The normalized spacial score (nSPS) is 37.0. The Bertz CT molecular complexity index is 1210. The summed E-state index contributed by atoms with van der Waals surface area (Å²) < 4.78 is 6.57. The second kappa shape index (κ2) is 11.5. The average molecular weight is 603 g/mol. The molecule has 0 unspecified atom stereocenters. The molecule has 2 saturated carbocycles. The lowest BCUT2D eigenvalue weighted by Gasteiger charge is -2.40. The molecule has 5 aliphatic rings. The number of carbonyl (C=O) groups is 3. The average Bonchev–Trinajstić information content (AvgIpc) is 3.53. The van der Waals surface area contributed by atoms with E-state index in [1.54, 1.807) is 18.2 Å². The number of rotatable bonds is 5. The van der Waals surface area contributed by atoms with Crippen molar-refractivity contribution < 1.29 is 19.1 Å². The molecule has 3 heterocycles. The highest BCUT2D eigenvalue weighted by Crippen LogP contribution is 2.56. The molecule has 9 heteroatoms. The molecule has 41 heavy (non-hydrogen) atoms. The van der Waals surface area contributed by atoms with Crippen LogP contribution in [0.15, 0.2) is 30.4 Å². The van der Waals surface area contributed by atoms with E-state index in [1.807, 2.05) is 17.1 Å². The number of nitrogens with zero attached hydrogens (tertiary/aromatic N) is 1. The molecule has 1 aromatic rings. The lowest BCUT2D eigenvalue weighted by atomic mass is 9.73. The van der Waals surface area contributed by atoms with Gasteiger partial charge in [0.1, 0.15) is 11.6 Å². The van der Waals surface area contributed by atoms with Gasteiger partial charge in [0.15, 0.2) is 0 Å². The second-order valence-electron chi connectivity index (χ2n) is 13.0. The lowest BCUT2D eigenvalue weighted by Crippen LogP contribution is -2.59. The zero-order valence-corrected chi connectivity index (χ0v) is 25.4. The zero-order valence-electron chi connectivity index (χ0n) is 23.9. The van der Waals surface area contributed by atoms with Crippen LogP contribution in [0, 0.1) is 23.7 Å². The van der Waals surface area contributed by atoms with E-state index >= 15 is 0 Å². The monoisotopic (exact) mass is 601 g/mol. The number of ether oxygens (including phenoxy) is 1. The number of hydrogen-bond acceptors (Lipinski definition) is 4. The Morgan fingerprint density at radius 2 is 1.61 bits per heavy atom. The van der Waals surface area contributed by atoms with Crippen molar-refractivity contribution in [2.75, 3.05) is 5.32 Å². The quantitative estimate of drug-likeness (QED) is 0.397. The zero-order chi connectivity index (χ0) is 28.9. The van der Waals surface area contributed by atoms with E-state index < -0.39 is 29.6 Å². The van der Waals surface area contributed by atoms with Crippen molar-refractivity contribution in [2.24, 2.45) is 23.7 Å². The summed E-state index contributed by atoms with van der Waals surface area (Å²) in [5.41, 5.74) is -0.698. The van der Waals surface area contributed by atoms with Crippen molar-refractivity contribution in [3.05, 3.63) is 40.4 Å². The molecule has 0 radical (unpaired) electrons. The maximum atomic E-state index is 14.5. The Labute approximate surface area is 252 Å². The van der Waals surface area contributed by atoms with Crippen molar-refractivity contribution in [3.63, 3.8) is 0 Å². The van der Waals surface area contributed by atoms with E-state index in [4.69, 9.17) is 27.9 Å². The number of amides is 3. The molecular weight excluding hydrogens is 561 g/mol. The van der Waals surface area contributed by atoms with Crippen molar-refractivity contribution >= 4 is 46.6 Å². The van der Waals surface area contributed by atoms with Gasteiger partial charge >= 0.3 is 0 Å². The minimum atomic E-state index is -1.16. The third-order valence-electron chi connectivity index (χ3n) is 10.5. The first kappa shape index (κ1) is 29.0. The third kappa shape index (κ3) is 5.21. The molecule has 7 nitrogen and oxygen atoms in total. The van der Waals surface area contributed by atoms with E-state index in [2.05, 4.69) is 24.5 Å². The predicted molar refractivity (Wildman–Crippen MR) is 160 cm³/mol. The number of benzene rings is 1. The van der Waals surface area contributed by atoms with Crippen molar-refractivity contribution in [3.8, 4) is 0 Å². The van der Waals surface area contributed by atoms with Crippen molar-refractivity contribution in [2.45, 2.75) is 108 Å². The maximum Gasteiger partial charge on any atom is 0.246 e. The van der Waals surface area contributed by atoms with Gasteiger partial charge in [-0.2, -0.15) is 0 Å². The van der Waals surface area contributed by atoms with Crippen LogP contribution in [-0.2, 0) is 19.1 Å². The van der Waals surface area contributed by atoms with Gasteiger partial charge in [-0.15, -0.1) is 0 Å². The predicted octanol–water partition coefficient (Wildman–Crippen LogP) is 6.14. The number of fused-ring (bicyclic) bond motifs is 1. The Hall–Kier alpha value is -2.09. The molecule has 6 rings (SSSR count). The van der Waals surface area contributed by atoms with Crippen LogP contribution in [0.3, 0.4) is 0 Å². The van der Waals surface area contributed by atoms with Crippen LogP contribution in [0.25, 0.3) is 0 Å². The molecule has 222 valence electrons. The first-order valence-corrected chi connectivity index (χ1v) is 16.2. The standard InChI is InChI=1S/C32H41Cl2N3O4/c1-18-9-8-12-24(19(18)2)36-30(39)28-32-14-13-25(41-32)26(29(38)35-22-16-20(33)15-21(34)17-22)27(32)31(40)37(28)23-10-6-4-3-5-7-11-23/h13-19,23-28H,3-12H2,1-2H3,(H,35,38)(H,36,39)/t18-,19+,24+,25+,26-,27+,28+,32+/m1/s1. The molecular formula is C32H41Cl2N3O4. The lowest BCUT2D eigenvalue weighted by molar-refractivity contribution is -0.144. The molecule has 4 fully saturated rings. The number of likely N-dealkylation sites (tertiary alicyclic amines) is 1. The summed E-state index contributed by atoms with van der Waals surface area (Å²) in [6.45, 7) is 4.46. The van der Waals surface area contributed by atoms with Gasteiger partial charge in [-0.05, 0) is 49.3 Å². The smallest absolute Gasteiger partial charge is 0.246 e. The van der Waals surface area contributed by atoms with Crippen LogP contribution in [0.2, 0.25) is 10.0 Å². The molecule has 2 aliphatic carbocycles. The molecule has 3 amide bonds. The Morgan fingerprint density at radius 1 is 0.927 bits per heavy atom. The molecule has 2 bridgehead atoms. The van der Waals surface area contributed by atoms with Gasteiger partial charge in [-0.3, -0.25) is 14.4 Å². The van der Waals surface area contributed by atoms with E-state index in [0.717, 1.165) is 57.8 Å². The van der Waals surface area contributed by atoms with Gasteiger partial charge in [0, 0.05) is 27.8 Å². The van der Waals surface area contributed by atoms with Crippen molar-refractivity contribution in [1.82, 2.24) is 10.2 Å². The van der Waals surface area contributed by atoms with Gasteiger partial charge in [0.2, 0.25) is 17.7 Å². The highest BCUT2D eigenvalue weighted by Gasteiger charge is 2.73. The minimum Gasteiger partial charge on any atom is -0.359 e. The summed E-state index contributed by atoms with van der Waals surface area (Å²) in [6.07, 6.45) is 13.6. The Balaban J connectivity index is 1.33. The molecule has 2 N–H and O–H groups in total. The number of hydrogen-bond donors (Lipinski definition) is 2. The van der Waals surface area contributed by atoms with Crippen LogP contribution in [-0.4, -0.2) is 52.5 Å². The second-order valence-corrected chi connectivity index (χ2v) is 13.8. The molecule has 2 saturated heterocycles. The van der Waals surface area contributed by atoms with E-state index in [-0.39, 0.29) is 29.8 Å². The minimum absolute atomic E-state index is 0.0484. The third-order valence-corrected chi connectivity index (χ3v) is 10.9.